The number of carbonyl (C=O) groups is 1. The number of Topliss-reactive ketones (excluding diaryl/α,β-unsaturated/α-hetero) is 1. The first-order valence-corrected chi connectivity index (χ1v) is 10.5. The van der Waals surface area contributed by atoms with Gasteiger partial charge < -0.3 is 5.43 Å². The smallest absolute Gasteiger partial charge is 0.306 e. The zero-order valence-corrected chi connectivity index (χ0v) is 17.8. The van der Waals surface area contributed by atoms with Gasteiger partial charge in [-0.05, 0) is 62.3 Å². The molecule has 0 fully saturated rings. The molecule has 0 bridgehead atoms. The maximum atomic E-state index is 13.9. The quantitative estimate of drug-likeness (QED) is 0.432. The fourth-order valence-corrected chi connectivity index (χ4v) is 3.75. The maximum Gasteiger partial charge on any atom is 0.419 e. The number of hydrogen-bond donors (Lipinski definition) is 1. The number of ketones is 1. The summed E-state index contributed by atoms with van der Waals surface area (Å²) < 4.78 is 52.3. The standard InChI is InChI=1S/C23H30F4N2O/c1-4-7-16(17-10-11-20(21(24)13-17)23(25,26)27)12-19(30)9-6-8-18-14-22(29-28-18)15(3)5-2/h5,10-11,13,16,18,28H,4,6-9,12,14H2,1-3H3/b15-5+. The number of carbonyl (C=O) groups excluding carboxylic acids is 1. The van der Waals surface area contributed by atoms with Crippen molar-refractivity contribution in [2.75, 3.05) is 0 Å². The van der Waals surface area contributed by atoms with Gasteiger partial charge >= 0.3 is 6.18 Å². The molecule has 0 spiro atoms. The SMILES string of the molecule is C/C=C(\C)C1=NNC(CCCC(=O)CC(CCC)c2ccc(C(F)(F)F)c(F)c2)C1. The lowest BCUT2D eigenvalue weighted by atomic mass is 9.88. The number of rotatable bonds is 10. The van der Waals surface area contributed by atoms with Crippen LogP contribution >= 0.6 is 0 Å². The van der Waals surface area contributed by atoms with E-state index in [1.54, 1.807) is 0 Å². The molecule has 2 rings (SSSR count). The third kappa shape index (κ3) is 6.67. The van der Waals surface area contributed by atoms with Crippen molar-refractivity contribution in [3.05, 3.63) is 46.8 Å². The molecule has 7 heteroatoms. The van der Waals surface area contributed by atoms with E-state index in [0.717, 1.165) is 42.7 Å². The van der Waals surface area contributed by atoms with Crippen molar-refractivity contribution in [3.63, 3.8) is 0 Å². The number of hydrogen-bond acceptors (Lipinski definition) is 3. The summed E-state index contributed by atoms with van der Waals surface area (Å²) in [5, 5.41) is 4.33. The number of nitrogens with one attached hydrogen (secondary N) is 1. The Hall–Kier alpha value is -2.18. The minimum atomic E-state index is -4.72. The molecular formula is C23H30F4N2O. The molecule has 0 amide bonds. The molecule has 3 nitrogen and oxygen atoms in total. The van der Waals surface area contributed by atoms with E-state index in [1.165, 1.54) is 6.07 Å². The molecule has 0 saturated heterocycles. The first kappa shape index (κ1) is 24.1. The van der Waals surface area contributed by atoms with E-state index in [9.17, 15) is 22.4 Å². The summed E-state index contributed by atoms with van der Waals surface area (Å²) in [6.45, 7) is 5.93. The van der Waals surface area contributed by atoms with Crippen LogP contribution in [0.15, 0.2) is 34.9 Å². The molecule has 1 aliphatic rings. The molecule has 1 aliphatic heterocycles. The van der Waals surface area contributed by atoms with Crippen LogP contribution in [-0.2, 0) is 11.0 Å². The van der Waals surface area contributed by atoms with Gasteiger partial charge in [-0.15, -0.1) is 0 Å². The number of benzene rings is 1. The van der Waals surface area contributed by atoms with E-state index in [2.05, 4.69) is 10.5 Å². The van der Waals surface area contributed by atoms with Gasteiger partial charge in [0.05, 0.1) is 11.3 Å². The van der Waals surface area contributed by atoms with Crippen LogP contribution in [0, 0.1) is 5.82 Å². The Morgan fingerprint density at radius 1 is 1.37 bits per heavy atom. The predicted octanol–water partition coefficient (Wildman–Crippen LogP) is 6.54. The van der Waals surface area contributed by atoms with E-state index < -0.39 is 17.6 Å². The van der Waals surface area contributed by atoms with E-state index in [-0.39, 0.29) is 24.2 Å². The summed E-state index contributed by atoms with van der Waals surface area (Å²) in [6.07, 6.45) is 1.69. The zero-order chi connectivity index (χ0) is 22.3. The van der Waals surface area contributed by atoms with E-state index in [1.807, 2.05) is 26.8 Å². The Morgan fingerprint density at radius 3 is 2.70 bits per heavy atom. The zero-order valence-electron chi connectivity index (χ0n) is 17.8. The molecule has 0 aliphatic carbocycles. The van der Waals surface area contributed by atoms with Crippen molar-refractivity contribution in [3.8, 4) is 0 Å². The first-order chi connectivity index (χ1) is 14.2. The minimum absolute atomic E-state index is 0.0533. The van der Waals surface area contributed by atoms with Crippen molar-refractivity contribution in [2.45, 2.75) is 83.9 Å². The van der Waals surface area contributed by atoms with Crippen LogP contribution in [-0.4, -0.2) is 17.5 Å². The molecule has 2 atom stereocenters. The van der Waals surface area contributed by atoms with Gasteiger partial charge in [0.1, 0.15) is 11.6 Å². The predicted molar refractivity (Wildman–Crippen MR) is 111 cm³/mol. The highest BCUT2D eigenvalue weighted by Crippen LogP contribution is 2.34. The molecule has 1 aromatic carbocycles. The second kappa shape index (κ2) is 10.7. The van der Waals surface area contributed by atoms with Gasteiger partial charge in [0.15, 0.2) is 0 Å². The molecule has 0 aromatic heterocycles. The highest BCUT2D eigenvalue weighted by Gasteiger charge is 2.34. The Balaban J connectivity index is 1.88. The molecule has 1 N–H and O–H groups in total. The largest absolute Gasteiger partial charge is 0.419 e. The Labute approximate surface area is 175 Å². The van der Waals surface area contributed by atoms with Crippen LogP contribution < -0.4 is 5.43 Å². The van der Waals surface area contributed by atoms with Crippen molar-refractivity contribution >= 4 is 11.5 Å². The second-order valence-electron chi connectivity index (χ2n) is 7.92. The molecular weight excluding hydrogens is 396 g/mol. The molecule has 2 unspecified atom stereocenters. The summed E-state index contributed by atoms with van der Waals surface area (Å²) in [6, 6.07) is 3.22. The number of hydrazone groups is 1. The Morgan fingerprint density at radius 2 is 2.10 bits per heavy atom. The first-order valence-electron chi connectivity index (χ1n) is 10.5. The summed E-state index contributed by atoms with van der Waals surface area (Å²) >= 11 is 0. The third-order valence-electron chi connectivity index (χ3n) is 5.60. The molecule has 166 valence electrons. The topological polar surface area (TPSA) is 41.5 Å². The fraction of sp³-hybridized carbons (Fsp3) is 0.565. The molecule has 0 radical (unpaired) electrons. The second-order valence-corrected chi connectivity index (χ2v) is 7.92. The average Bonchev–Trinajstić information content (AvgIpc) is 3.15. The molecule has 30 heavy (non-hydrogen) atoms. The van der Waals surface area contributed by atoms with Crippen LogP contribution in [0.4, 0.5) is 17.6 Å². The Kier molecular flexibility index (Phi) is 8.62. The van der Waals surface area contributed by atoms with E-state index in [4.69, 9.17) is 0 Å². The van der Waals surface area contributed by atoms with Gasteiger partial charge in [-0.3, -0.25) is 4.79 Å². The van der Waals surface area contributed by atoms with E-state index in [0.29, 0.717) is 24.8 Å². The summed E-state index contributed by atoms with van der Waals surface area (Å²) in [4.78, 5) is 12.5. The molecule has 0 saturated carbocycles. The maximum absolute atomic E-state index is 13.9. The number of alkyl halides is 3. The van der Waals surface area contributed by atoms with Gasteiger partial charge in [-0.1, -0.05) is 25.5 Å². The summed E-state index contributed by atoms with van der Waals surface area (Å²) in [5.74, 6) is -1.50. The van der Waals surface area contributed by atoms with Gasteiger partial charge in [0.25, 0.3) is 0 Å². The fourth-order valence-electron chi connectivity index (χ4n) is 3.75. The van der Waals surface area contributed by atoms with E-state index >= 15 is 0 Å². The number of allylic oxidation sites excluding steroid dienone is 2. The normalized spacial score (nSPS) is 18.2. The molecule has 1 aromatic rings. The van der Waals surface area contributed by atoms with Crippen molar-refractivity contribution in [1.82, 2.24) is 5.43 Å². The van der Waals surface area contributed by atoms with Crippen LogP contribution in [0.25, 0.3) is 0 Å². The van der Waals surface area contributed by atoms with Crippen molar-refractivity contribution in [2.24, 2.45) is 5.10 Å². The van der Waals surface area contributed by atoms with Crippen molar-refractivity contribution < 1.29 is 22.4 Å². The Bertz CT molecular complexity index is 799. The van der Waals surface area contributed by atoms with Crippen LogP contribution in [0.3, 0.4) is 0 Å². The molecule has 1 heterocycles. The third-order valence-corrected chi connectivity index (χ3v) is 5.60. The van der Waals surface area contributed by atoms with Crippen LogP contribution in [0.1, 0.15) is 82.8 Å². The van der Waals surface area contributed by atoms with Crippen molar-refractivity contribution in [1.29, 1.82) is 0 Å². The monoisotopic (exact) mass is 426 g/mol. The highest BCUT2D eigenvalue weighted by atomic mass is 19.4. The lowest BCUT2D eigenvalue weighted by Gasteiger charge is -2.18. The lowest BCUT2D eigenvalue weighted by molar-refractivity contribution is -0.140. The number of halogens is 4. The van der Waals surface area contributed by atoms with Gasteiger partial charge in [-0.25, -0.2) is 4.39 Å². The number of nitrogens with zero attached hydrogens (tertiary/aromatic N) is 1. The summed E-state index contributed by atoms with van der Waals surface area (Å²) in [7, 11) is 0. The van der Waals surface area contributed by atoms with Gasteiger partial charge in [0.2, 0.25) is 0 Å². The van der Waals surface area contributed by atoms with Gasteiger partial charge in [0, 0.05) is 25.3 Å². The lowest BCUT2D eigenvalue weighted by Crippen LogP contribution is -2.19. The van der Waals surface area contributed by atoms with Gasteiger partial charge in [-0.2, -0.15) is 18.3 Å². The minimum Gasteiger partial charge on any atom is -0.306 e. The summed E-state index contributed by atoms with van der Waals surface area (Å²) in [5.41, 5.74) is 4.48. The average molecular weight is 426 g/mol. The van der Waals surface area contributed by atoms with Crippen LogP contribution in [0.5, 0.6) is 0 Å². The van der Waals surface area contributed by atoms with Crippen LogP contribution in [0.2, 0.25) is 0 Å². The highest BCUT2D eigenvalue weighted by molar-refractivity contribution is 6.00.